The minimum atomic E-state index is -0.931. The molecule has 7 heteroatoms. The lowest BCUT2D eigenvalue weighted by Crippen LogP contribution is -2.26. The zero-order chi connectivity index (χ0) is 17.1. The maximum atomic E-state index is 11.1. The van der Waals surface area contributed by atoms with E-state index in [0.29, 0.717) is 12.4 Å². The third-order valence-corrected chi connectivity index (χ3v) is 4.46. The largest absolute Gasteiger partial charge is 0.494 e. The number of carboxylic acids is 1. The lowest BCUT2D eigenvalue weighted by molar-refractivity contribution is -0.137. The highest BCUT2D eigenvalue weighted by molar-refractivity contribution is 7.17. The van der Waals surface area contributed by atoms with Gasteiger partial charge in [0.15, 0.2) is 0 Å². The van der Waals surface area contributed by atoms with Crippen LogP contribution in [0.5, 0.6) is 5.75 Å². The highest BCUT2D eigenvalue weighted by Gasteiger charge is 2.17. The fourth-order valence-electron chi connectivity index (χ4n) is 2.36. The van der Waals surface area contributed by atoms with E-state index in [1.807, 2.05) is 36.6 Å². The van der Waals surface area contributed by atoms with Crippen LogP contribution in [-0.2, 0) is 4.79 Å². The van der Waals surface area contributed by atoms with Crippen LogP contribution in [0.1, 0.15) is 13.8 Å². The van der Waals surface area contributed by atoms with Gasteiger partial charge >= 0.3 is 5.97 Å². The summed E-state index contributed by atoms with van der Waals surface area (Å²) in [5.74, 6) is 0.412. The van der Waals surface area contributed by atoms with Gasteiger partial charge in [-0.2, -0.15) is 0 Å². The van der Waals surface area contributed by atoms with Crippen molar-refractivity contribution in [1.82, 2.24) is 9.97 Å². The second-order valence-electron chi connectivity index (χ2n) is 5.21. The first-order chi connectivity index (χ1) is 11.6. The highest BCUT2D eigenvalue weighted by Crippen LogP contribution is 2.37. The van der Waals surface area contributed by atoms with Crippen molar-refractivity contribution in [2.45, 2.75) is 19.9 Å². The summed E-state index contributed by atoms with van der Waals surface area (Å²) in [6.45, 7) is 4.15. The second-order valence-corrected chi connectivity index (χ2v) is 6.07. The first kappa shape index (κ1) is 16.2. The first-order valence-electron chi connectivity index (χ1n) is 7.55. The van der Waals surface area contributed by atoms with Gasteiger partial charge in [-0.1, -0.05) is 12.1 Å². The molecule has 1 atom stereocenters. The number of benzene rings is 1. The third-order valence-electron chi connectivity index (χ3n) is 3.57. The lowest BCUT2D eigenvalue weighted by Gasteiger charge is -2.12. The molecule has 0 amide bonds. The van der Waals surface area contributed by atoms with Crippen LogP contribution < -0.4 is 10.1 Å². The number of nitrogens with one attached hydrogen (secondary N) is 1. The van der Waals surface area contributed by atoms with Gasteiger partial charge in [-0.25, -0.2) is 9.97 Å². The fourth-order valence-corrected chi connectivity index (χ4v) is 3.28. The van der Waals surface area contributed by atoms with E-state index in [0.717, 1.165) is 27.1 Å². The molecule has 24 heavy (non-hydrogen) atoms. The van der Waals surface area contributed by atoms with Crippen LogP contribution in [0, 0.1) is 0 Å². The summed E-state index contributed by atoms with van der Waals surface area (Å²) in [5.41, 5.74) is 1.98. The molecule has 0 saturated carbocycles. The van der Waals surface area contributed by atoms with Gasteiger partial charge in [0.05, 0.1) is 12.0 Å². The Morgan fingerprint density at radius 1 is 1.33 bits per heavy atom. The van der Waals surface area contributed by atoms with Crippen molar-refractivity contribution < 1.29 is 14.6 Å². The first-order valence-corrected chi connectivity index (χ1v) is 8.43. The van der Waals surface area contributed by atoms with Crippen molar-refractivity contribution in [3.63, 3.8) is 0 Å². The topological polar surface area (TPSA) is 84.3 Å². The molecule has 0 spiro atoms. The zero-order valence-corrected chi connectivity index (χ0v) is 14.1. The summed E-state index contributed by atoms with van der Waals surface area (Å²) in [7, 11) is 0. The van der Waals surface area contributed by atoms with E-state index in [2.05, 4.69) is 15.3 Å². The van der Waals surface area contributed by atoms with E-state index >= 15 is 0 Å². The Morgan fingerprint density at radius 2 is 2.08 bits per heavy atom. The smallest absolute Gasteiger partial charge is 0.325 e. The van der Waals surface area contributed by atoms with Crippen LogP contribution in [0.25, 0.3) is 21.3 Å². The van der Waals surface area contributed by atoms with Crippen molar-refractivity contribution in [2.75, 3.05) is 11.9 Å². The van der Waals surface area contributed by atoms with Gasteiger partial charge in [-0.3, -0.25) is 4.79 Å². The lowest BCUT2D eigenvalue weighted by atomic mass is 10.1. The Balaban J connectivity index is 2.03. The monoisotopic (exact) mass is 343 g/mol. The van der Waals surface area contributed by atoms with Gasteiger partial charge < -0.3 is 15.2 Å². The number of thiophene rings is 1. The standard InChI is InChI=1S/C17H17N3O3S/c1-3-23-12-6-4-11(5-7-12)13-8-24-16-14(13)15(18-9-19-16)20-10(2)17(21)22/h4-10H,3H2,1-2H3,(H,21,22)(H,18,19,20). The SMILES string of the molecule is CCOc1ccc(-c2csc3ncnc(NC(C)C(=O)O)c23)cc1. The Labute approximate surface area is 143 Å². The van der Waals surface area contributed by atoms with Crippen LogP contribution in [0.15, 0.2) is 36.0 Å². The molecule has 1 aromatic carbocycles. The molecule has 124 valence electrons. The normalized spacial score (nSPS) is 12.1. The van der Waals surface area contributed by atoms with Crippen LogP contribution in [-0.4, -0.2) is 33.7 Å². The van der Waals surface area contributed by atoms with E-state index < -0.39 is 12.0 Å². The van der Waals surface area contributed by atoms with E-state index in [4.69, 9.17) is 9.84 Å². The number of hydrogen-bond acceptors (Lipinski definition) is 6. The van der Waals surface area contributed by atoms with Crippen molar-refractivity contribution in [3.05, 3.63) is 36.0 Å². The Bertz CT molecular complexity index is 861. The van der Waals surface area contributed by atoms with Crippen molar-refractivity contribution in [2.24, 2.45) is 0 Å². The van der Waals surface area contributed by atoms with Crippen LogP contribution in [0.4, 0.5) is 5.82 Å². The van der Waals surface area contributed by atoms with Gasteiger partial charge in [0.1, 0.15) is 28.8 Å². The maximum Gasteiger partial charge on any atom is 0.325 e. The number of aliphatic carboxylic acids is 1. The summed E-state index contributed by atoms with van der Waals surface area (Å²) in [6.07, 6.45) is 1.44. The molecule has 0 aliphatic heterocycles. The minimum absolute atomic E-state index is 0.528. The molecular weight excluding hydrogens is 326 g/mol. The number of rotatable bonds is 6. The van der Waals surface area contributed by atoms with Crippen LogP contribution in [0.3, 0.4) is 0 Å². The summed E-state index contributed by atoms with van der Waals surface area (Å²) in [6, 6.07) is 7.04. The van der Waals surface area contributed by atoms with E-state index in [1.54, 1.807) is 6.92 Å². The summed E-state index contributed by atoms with van der Waals surface area (Å²) >= 11 is 1.50. The fraction of sp³-hybridized carbons (Fsp3) is 0.235. The highest BCUT2D eigenvalue weighted by atomic mass is 32.1. The second kappa shape index (κ2) is 6.84. The number of carbonyl (C=O) groups is 1. The van der Waals surface area contributed by atoms with Gasteiger partial charge in [0.2, 0.25) is 0 Å². The molecular formula is C17H17N3O3S. The number of carboxylic acid groups (broad SMARTS) is 1. The number of fused-ring (bicyclic) bond motifs is 1. The van der Waals surface area contributed by atoms with E-state index in [9.17, 15) is 4.79 Å². The predicted octanol–water partition coefficient (Wildman–Crippen LogP) is 3.64. The quantitative estimate of drug-likeness (QED) is 0.711. The van der Waals surface area contributed by atoms with Crippen molar-refractivity contribution in [3.8, 4) is 16.9 Å². The molecule has 3 aromatic rings. The van der Waals surface area contributed by atoms with Crippen LogP contribution >= 0.6 is 11.3 Å². The van der Waals surface area contributed by atoms with Gasteiger partial charge in [-0.05, 0) is 31.5 Å². The molecule has 0 radical (unpaired) electrons. The Morgan fingerprint density at radius 3 is 2.75 bits per heavy atom. The number of nitrogens with zero attached hydrogens (tertiary/aromatic N) is 2. The Kier molecular flexibility index (Phi) is 4.61. The molecule has 0 aliphatic carbocycles. The Hall–Kier alpha value is -2.67. The number of hydrogen-bond donors (Lipinski definition) is 2. The van der Waals surface area contributed by atoms with E-state index in [1.165, 1.54) is 17.7 Å². The minimum Gasteiger partial charge on any atom is -0.494 e. The summed E-state index contributed by atoms with van der Waals surface area (Å²) < 4.78 is 5.47. The zero-order valence-electron chi connectivity index (χ0n) is 13.3. The average molecular weight is 343 g/mol. The molecule has 2 N–H and O–H groups in total. The van der Waals surface area contributed by atoms with Gasteiger partial charge in [0, 0.05) is 10.9 Å². The number of aromatic nitrogens is 2. The number of ether oxygens (including phenoxy) is 1. The van der Waals surface area contributed by atoms with Crippen molar-refractivity contribution in [1.29, 1.82) is 0 Å². The summed E-state index contributed by atoms with van der Waals surface area (Å²) in [4.78, 5) is 20.4. The summed E-state index contributed by atoms with van der Waals surface area (Å²) in [5, 5.41) is 14.9. The molecule has 0 bridgehead atoms. The molecule has 3 rings (SSSR count). The molecule has 0 saturated heterocycles. The van der Waals surface area contributed by atoms with E-state index in [-0.39, 0.29) is 0 Å². The molecule has 1 unspecified atom stereocenters. The molecule has 0 aliphatic rings. The third kappa shape index (κ3) is 3.16. The molecule has 6 nitrogen and oxygen atoms in total. The molecule has 2 aromatic heterocycles. The average Bonchev–Trinajstić information content (AvgIpc) is 3.01. The predicted molar refractivity (Wildman–Crippen MR) is 94.7 cm³/mol. The number of anilines is 1. The molecule has 2 heterocycles. The van der Waals surface area contributed by atoms with Crippen LogP contribution in [0.2, 0.25) is 0 Å². The maximum absolute atomic E-state index is 11.1. The molecule has 0 fully saturated rings. The van der Waals surface area contributed by atoms with Gasteiger partial charge in [-0.15, -0.1) is 11.3 Å². The van der Waals surface area contributed by atoms with Gasteiger partial charge in [0.25, 0.3) is 0 Å². The van der Waals surface area contributed by atoms with Crippen molar-refractivity contribution >= 4 is 33.3 Å².